The SMILES string of the molecule is COc1c(C)cc(C)cc1C(CCN)CC(C)C. The first-order valence-corrected chi connectivity index (χ1v) is 6.84. The summed E-state index contributed by atoms with van der Waals surface area (Å²) < 4.78 is 5.60. The summed E-state index contributed by atoms with van der Waals surface area (Å²) in [5.41, 5.74) is 9.62. The number of hydrogen-bond acceptors (Lipinski definition) is 2. The molecule has 0 saturated carbocycles. The van der Waals surface area contributed by atoms with Crippen molar-refractivity contribution < 1.29 is 4.74 Å². The Labute approximate surface area is 112 Å². The van der Waals surface area contributed by atoms with Crippen LogP contribution in [0.2, 0.25) is 0 Å². The molecule has 0 aromatic heterocycles. The van der Waals surface area contributed by atoms with Crippen molar-refractivity contribution in [2.45, 2.75) is 46.5 Å². The Kier molecular flexibility index (Phi) is 5.67. The minimum atomic E-state index is 0.503. The van der Waals surface area contributed by atoms with Gasteiger partial charge in [0, 0.05) is 0 Å². The summed E-state index contributed by atoms with van der Waals surface area (Å²) in [5, 5.41) is 0. The third-order valence-corrected chi connectivity index (χ3v) is 3.36. The van der Waals surface area contributed by atoms with E-state index in [0.29, 0.717) is 11.8 Å². The van der Waals surface area contributed by atoms with Gasteiger partial charge in [0.25, 0.3) is 0 Å². The number of methoxy groups -OCH3 is 1. The van der Waals surface area contributed by atoms with E-state index in [1.807, 2.05) is 0 Å². The summed E-state index contributed by atoms with van der Waals surface area (Å²) in [6.07, 6.45) is 2.19. The molecule has 102 valence electrons. The van der Waals surface area contributed by atoms with Crippen LogP contribution >= 0.6 is 0 Å². The van der Waals surface area contributed by atoms with E-state index in [9.17, 15) is 0 Å². The number of ether oxygens (including phenoxy) is 1. The molecule has 2 nitrogen and oxygen atoms in total. The molecular weight excluding hydrogens is 222 g/mol. The van der Waals surface area contributed by atoms with E-state index < -0.39 is 0 Å². The molecule has 0 spiro atoms. The third-order valence-electron chi connectivity index (χ3n) is 3.36. The molecule has 1 atom stereocenters. The maximum Gasteiger partial charge on any atom is 0.125 e. The minimum Gasteiger partial charge on any atom is -0.496 e. The fraction of sp³-hybridized carbons (Fsp3) is 0.625. The van der Waals surface area contributed by atoms with Crippen molar-refractivity contribution in [2.24, 2.45) is 11.7 Å². The zero-order valence-corrected chi connectivity index (χ0v) is 12.4. The summed E-state index contributed by atoms with van der Waals surface area (Å²) in [7, 11) is 1.76. The number of hydrogen-bond donors (Lipinski definition) is 1. The molecule has 2 N–H and O–H groups in total. The van der Waals surface area contributed by atoms with Crippen LogP contribution in [0.3, 0.4) is 0 Å². The van der Waals surface area contributed by atoms with Crippen LogP contribution in [0, 0.1) is 19.8 Å². The van der Waals surface area contributed by atoms with Gasteiger partial charge in [-0.25, -0.2) is 0 Å². The van der Waals surface area contributed by atoms with Crippen LogP contribution in [0.5, 0.6) is 5.75 Å². The van der Waals surface area contributed by atoms with Crippen molar-refractivity contribution in [2.75, 3.05) is 13.7 Å². The van der Waals surface area contributed by atoms with Crippen molar-refractivity contribution in [1.82, 2.24) is 0 Å². The van der Waals surface area contributed by atoms with Crippen LogP contribution < -0.4 is 10.5 Å². The predicted molar refractivity (Wildman–Crippen MR) is 78.3 cm³/mol. The van der Waals surface area contributed by atoms with E-state index in [1.54, 1.807) is 7.11 Å². The van der Waals surface area contributed by atoms with Crippen molar-refractivity contribution >= 4 is 0 Å². The zero-order chi connectivity index (χ0) is 13.7. The van der Waals surface area contributed by atoms with Crippen LogP contribution in [0.1, 0.15) is 49.3 Å². The lowest BCUT2D eigenvalue weighted by molar-refractivity contribution is 0.392. The van der Waals surface area contributed by atoms with E-state index in [1.165, 1.54) is 16.7 Å². The van der Waals surface area contributed by atoms with Gasteiger partial charge in [-0.05, 0) is 56.2 Å². The van der Waals surface area contributed by atoms with Crippen LogP contribution in [0.15, 0.2) is 12.1 Å². The first kappa shape index (κ1) is 15.0. The Morgan fingerprint density at radius 2 is 1.89 bits per heavy atom. The molecule has 0 aliphatic rings. The van der Waals surface area contributed by atoms with Crippen LogP contribution in [-0.2, 0) is 0 Å². The van der Waals surface area contributed by atoms with Crippen molar-refractivity contribution in [3.8, 4) is 5.75 Å². The van der Waals surface area contributed by atoms with Gasteiger partial charge < -0.3 is 10.5 Å². The molecule has 0 fully saturated rings. The average molecular weight is 249 g/mol. The van der Waals surface area contributed by atoms with Crippen molar-refractivity contribution in [1.29, 1.82) is 0 Å². The number of benzene rings is 1. The lowest BCUT2D eigenvalue weighted by atomic mass is 9.85. The van der Waals surface area contributed by atoms with Gasteiger partial charge in [0.15, 0.2) is 0 Å². The van der Waals surface area contributed by atoms with Crippen LogP contribution in [0.25, 0.3) is 0 Å². The molecule has 2 heteroatoms. The number of aryl methyl sites for hydroxylation is 2. The summed E-state index contributed by atoms with van der Waals surface area (Å²) >= 11 is 0. The fourth-order valence-electron chi connectivity index (χ4n) is 2.74. The van der Waals surface area contributed by atoms with Crippen molar-refractivity contribution in [3.05, 3.63) is 28.8 Å². The zero-order valence-electron chi connectivity index (χ0n) is 12.4. The Bertz CT molecular complexity index is 385. The monoisotopic (exact) mass is 249 g/mol. The first-order chi connectivity index (χ1) is 8.49. The molecule has 0 saturated heterocycles. The van der Waals surface area contributed by atoms with Gasteiger partial charge in [-0.2, -0.15) is 0 Å². The molecule has 0 aliphatic carbocycles. The topological polar surface area (TPSA) is 35.2 Å². The fourth-order valence-corrected chi connectivity index (χ4v) is 2.74. The second-order valence-electron chi connectivity index (χ2n) is 5.61. The summed E-state index contributed by atoms with van der Waals surface area (Å²) in [4.78, 5) is 0. The molecule has 1 aromatic rings. The Balaban J connectivity index is 3.16. The molecule has 0 radical (unpaired) electrons. The summed E-state index contributed by atoms with van der Waals surface area (Å²) in [6.45, 7) is 9.51. The van der Waals surface area contributed by atoms with Crippen LogP contribution in [-0.4, -0.2) is 13.7 Å². The largest absolute Gasteiger partial charge is 0.496 e. The predicted octanol–water partition coefficient (Wildman–Crippen LogP) is 3.79. The lowest BCUT2D eigenvalue weighted by Crippen LogP contribution is -2.11. The molecule has 1 aromatic carbocycles. The molecule has 0 aliphatic heterocycles. The van der Waals surface area contributed by atoms with E-state index >= 15 is 0 Å². The Morgan fingerprint density at radius 1 is 1.22 bits per heavy atom. The van der Waals surface area contributed by atoms with Gasteiger partial charge in [-0.3, -0.25) is 0 Å². The summed E-state index contributed by atoms with van der Waals surface area (Å²) in [5.74, 6) is 2.22. The van der Waals surface area contributed by atoms with E-state index in [2.05, 4.69) is 39.8 Å². The Morgan fingerprint density at radius 3 is 2.39 bits per heavy atom. The Hall–Kier alpha value is -1.02. The second-order valence-corrected chi connectivity index (χ2v) is 5.61. The highest BCUT2D eigenvalue weighted by Crippen LogP contribution is 2.36. The molecule has 1 rings (SSSR count). The van der Waals surface area contributed by atoms with Gasteiger partial charge >= 0.3 is 0 Å². The van der Waals surface area contributed by atoms with E-state index in [4.69, 9.17) is 10.5 Å². The average Bonchev–Trinajstić information content (AvgIpc) is 2.27. The van der Waals surface area contributed by atoms with E-state index in [-0.39, 0.29) is 0 Å². The molecular formula is C16H27NO. The highest BCUT2D eigenvalue weighted by atomic mass is 16.5. The van der Waals surface area contributed by atoms with Gasteiger partial charge in [-0.1, -0.05) is 31.5 Å². The van der Waals surface area contributed by atoms with Gasteiger partial charge in [0.2, 0.25) is 0 Å². The van der Waals surface area contributed by atoms with E-state index in [0.717, 1.165) is 25.1 Å². The number of rotatable bonds is 6. The quantitative estimate of drug-likeness (QED) is 0.832. The third kappa shape index (κ3) is 3.74. The standard InChI is InChI=1S/C16H27NO/c1-11(2)8-14(6-7-17)15-10-12(3)9-13(4)16(15)18-5/h9-11,14H,6-8,17H2,1-5H3. The highest BCUT2D eigenvalue weighted by molar-refractivity contribution is 5.45. The van der Waals surface area contributed by atoms with Gasteiger partial charge in [0.05, 0.1) is 7.11 Å². The molecule has 0 bridgehead atoms. The minimum absolute atomic E-state index is 0.503. The second kappa shape index (κ2) is 6.79. The highest BCUT2D eigenvalue weighted by Gasteiger charge is 2.18. The molecule has 0 amide bonds. The first-order valence-electron chi connectivity index (χ1n) is 6.84. The lowest BCUT2D eigenvalue weighted by Gasteiger charge is -2.23. The maximum absolute atomic E-state index is 5.77. The molecule has 0 heterocycles. The van der Waals surface area contributed by atoms with Crippen LogP contribution in [0.4, 0.5) is 0 Å². The summed E-state index contributed by atoms with van der Waals surface area (Å²) in [6, 6.07) is 4.44. The number of nitrogens with two attached hydrogens (primary N) is 1. The van der Waals surface area contributed by atoms with Gasteiger partial charge in [0.1, 0.15) is 5.75 Å². The van der Waals surface area contributed by atoms with Gasteiger partial charge in [-0.15, -0.1) is 0 Å². The maximum atomic E-state index is 5.77. The molecule has 1 unspecified atom stereocenters. The van der Waals surface area contributed by atoms with Crippen molar-refractivity contribution in [3.63, 3.8) is 0 Å². The molecule has 18 heavy (non-hydrogen) atoms. The smallest absolute Gasteiger partial charge is 0.125 e. The normalized spacial score (nSPS) is 12.8.